The first kappa shape index (κ1) is 26.0. The molecule has 12 heteroatoms. The van der Waals surface area contributed by atoms with Crippen LogP contribution in [-0.4, -0.2) is 49.3 Å². The van der Waals surface area contributed by atoms with Crippen LogP contribution in [0, 0.1) is 6.92 Å². The number of aryl methyl sites for hydroxylation is 1. The fraction of sp³-hybridized carbons (Fsp3) is 0.240. The predicted molar refractivity (Wildman–Crippen MR) is 139 cm³/mol. The minimum atomic E-state index is -1.11. The van der Waals surface area contributed by atoms with Gasteiger partial charge in [0.05, 0.1) is 28.2 Å². The van der Waals surface area contributed by atoms with Gasteiger partial charge in [-0.2, -0.15) is 0 Å². The van der Waals surface area contributed by atoms with Gasteiger partial charge in [0.2, 0.25) is 5.91 Å². The lowest BCUT2D eigenvalue weighted by molar-refractivity contribution is -0.142. The summed E-state index contributed by atoms with van der Waals surface area (Å²) in [4.78, 5) is 63.0. The second-order valence-electron chi connectivity index (χ2n) is 8.21. The molecule has 37 heavy (non-hydrogen) atoms. The van der Waals surface area contributed by atoms with Crippen molar-refractivity contribution in [2.24, 2.45) is 0 Å². The summed E-state index contributed by atoms with van der Waals surface area (Å²) in [7, 11) is 1.19. The van der Waals surface area contributed by atoms with Gasteiger partial charge in [0.25, 0.3) is 17.7 Å². The van der Waals surface area contributed by atoms with Crippen molar-refractivity contribution in [2.75, 3.05) is 19.0 Å². The van der Waals surface area contributed by atoms with E-state index in [4.69, 9.17) is 4.74 Å². The molecule has 3 aromatic rings. The molecular formula is C25H24N4O6S2. The summed E-state index contributed by atoms with van der Waals surface area (Å²) in [6.45, 7) is 1.75. The summed E-state index contributed by atoms with van der Waals surface area (Å²) in [5, 5.41) is 12.6. The summed E-state index contributed by atoms with van der Waals surface area (Å²) in [5.41, 5.74) is 3.00. The van der Waals surface area contributed by atoms with Gasteiger partial charge in [-0.3, -0.25) is 19.2 Å². The number of methoxy groups -OCH3 is 1. The molecule has 4 rings (SSSR count). The lowest BCUT2D eigenvalue weighted by atomic mass is 10.0. The van der Waals surface area contributed by atoms with E-state index in [0.717, 1.165) is 28.2 Å². The number of ether oxygens (including phenoxy) is 1. The summed E-state index contributed by atoms with van der Waals surface area (Å²) < 4.78 is 4.77. The Morgan fingerprint density at radius 2 is 1.84 bits per heavy atom. The van der Waals surface area contributed by atoms with Gasteiger partial charge in [0.1, 0.15) is 6.04 Å². The van der Waals surface area contributed by atoms with E-state index in [1.54, 1.807) is 30.5 Å². The van der Waals surface area contributed by atoms with Crippen molar-refractivity contribution in [2.45, 2.75) is 25.9 Å². The van der Waals surface area contributed by atoms with Crippen LogP contribution in [-0.2, 0) is 27.3 Å². The predicted octanol–water partition coefficient (Wildman–Crippen LogP) is 2.24. The van der Waals surface area contributed by atoms with Gasteiger partial charge in [-0.15, -0.1) is 22.7 Å². The highest BCUT2D eigenvalue weighted by Crippen LogP contribution is 2.27. The number of carbonyl (C=O) groups is 5. The molecule has 1 aliphatic rings. The number of amides is 4. The number of hydrogen-bond donors (Lipinski definition) is 4. The SMILES string of the molecule is COC(=O)C(CNC(=O)c1cccs1)NC(=O)c1sc(C(=O)NCc2cccc3c2CC(=O)N3)cc1C. The third kappa shape index (κ3) is 6.04. The summed E-state index contributed by atoms with van der Waals surface area (Å²) in [6, 6.07) is 9.34. The number of esters is 1. The number of thiophene rings is 2. The first-order valence-electron chi connectivity index (χ1n) is 11.3. The van der Waals surface area contributed by atoms with E-state index in [-0.39, 0.29) is 42.1 Å². The zero-order chi connectivity index (χ0) is 26.5. The van der Waals surface area contributed by atoms with Gasteiger partial charge < -0.3 is 26.0 Å². The molecule has 0 fully saturated rings. The quantitative estimate of drug-likeness (QED) is 0.307. The molecule has 0 saturated heterocycles. The number of benzene rings is 1. The molecule has 0 aliphatic carbocycles. The molecule has 192 valence electrons. The molecule has 10 nitrogen and oxygen atoms in total. The standard InChI is InChI=1S/C25H24N4O6S2/c1-13-9-19(23(32)26-11-14-5-3-6-16-15(14)10-20(30)28-16)37-21(13)24(33)29-17(25(34)35-2)12-27-22(31)18-7-4-8-36-18/h3-9,17H,10-12H2,1-2H3,(H,26,32)(H,27,31)(H,28,30)(H,29,33). The molecule has 0 spiro atoms. The highest BCUT2D eigenvalue weighted by atomic mass is 32.1. The lowest BCUT2D eigenvalue weighted by Crippen LogP contribution is -2.48. The molecule has 0 radical (unpaired) electrons. The third-order valence-corrected chi connectivity index (χ3v) is 7.78. The van der Waals surface area contributed by atoms with Crippen LogP contribution in [0.3, 0.4) is 0 Å². The minimum absolute atomic E-state index is 0.0883. The summed E-state index contributed by atoms with van der Waals surface area (Å²) >= 11 is 2.25. The van der Waals surface area contributed by atoms with Crippen LogP contribution in [0.4, 0.5) is 5.69 Å². The van der Waals surface area contributed by atoms with Crippen molar-refractivity contribution in [3.63, 3.8) is 0 Å². The van der Waals surface area contributed by atoms with Crippen LogP contribution in [0.1, 0.15) is 45.7 Å². The number of rotatable bonds is 9. The largest absolute Gasteiger partial charge is 0.467 e. The van der Waals surface area contributed by atoms with Crippen LogP contribution in [0.5, 0.6) is 0 Å². The molecule has 4 amide bonds. The number of anilines is 1. The van der Waals surface area contributed by atoms with E-state index < -0.39 is 17.9 Å². The lowest BCUT2D eigenvalue weighted by Gasteiger charge is -2.16. The van der Waals surface area contributed by atoms with Crippen LogP contribution in [0.25, 0.3) is 0 Å². The molecule has 2 aromatic heterocycles. The van der Waals surface area contributed by atoms with Crippen molar-refractivity contribution in [1.82, 2.24) is 16.0 Å². The third-order valence-electron chi connectivity index (χ3n) is 5.67. The Morgan fingerprint density at radius 1 is 1.05 bits per heavy atom. The second-order valence-corrected chi connectivity index (χ2v) is 10.2. The number of carbonyl (C=O) groups excluding carboxylic acids is 5. The molecule has 1 aliphatic heterocycles. The maximum atomic E-state index is 13.0. The fourth-order valence-electron chi connectivity index (χ4n) is 3.81. The van der Waals surface area contributed by atoms with Crippen molar-refractivity contribution in [3.8, 4) is 0 Å². The monoisotopic (exact) mass is 540 g/mol. The Bertz CT molecular complexity index is 1370. The maximum Gasteiger partial charge on any atom is 0.330 e. The van der Waals surface area contributed by atoms with Gasteiger partial charge in [-0.1, -0.05) is 18.2 Å². The van der Waals surface area contributed by atoms with Crippen molar-refractivity contribution >= 4 is 58.0 Å². The number of fused-ring (bicyclic) bond motifs is 1. The number of nitrogens with one attached hydrogen (secondary N) is 4. The van der Waals surface area contributed by atoms with Crippen LogP contribution < -0.4 is 21.3 Å². The minimum Gasteiger partial charge on any atom is -0.467 e. The highest BCUT2D eigenvalue weighted by molar-refractivity contribution is 7.16. The number of hydrogen-bond acceptors (Lipinski definition) is 8. The van der Waals surface area contributed by atoms with E-state index in [2.05, 4.69) is 21.3 Å². The molecule has 4 N–H and O–H groups in total. The van der Waals surface area contributed by atoms with Crippen LogP contribution >= 0.6 is 22.7 Å². The second kappa shape index (κ2) is 11.4. The molecular weight excluding hydrogens is 516 g/mol. The van der Waals surface area contributed by atoms with Crippen molar-refractivity contribution in [3.05, 3.63) is 73.1 Å². The molecule has 1 aromatic carbocycles. The molecule has 1 atom stereocenters. The Hall–Kier alpha value is -4.03. The average Bonchev–Trinajstić information content (AvgIpc) is 3.63. The average molecular weight is 541 g/mol. The Kier molecular flexibility index (Phi) is 7.99. The van der Waals surface area contributed by atoms with Gasteiger partial charge in [-0.25, -0.2) is 4.79 Å². The van der Waals surface area contributed by atoms with E-state index in [0.29, 0.717) is 15.3 Å². The van der Waals surface area contributed by atoms with Crippen molar-refractivity contribution in [1.29, 1.82) is 0 Å². The molecule has 0 saturated carbocycles. The topological polar surface area (TPSA) is 143 Å². The van der Waals surface area contributed by atoms with E-state index >= 15 is 0 Å². The van der Waals surface area contributed by atoms with Gasteiger partial charge in [0, 0.05) is 18.8 Å². The van der Waals surface area contributed by atoms with Gasteiger partial charge in [0.15, 0.2) is 0 Å². The Balaban J connectivity index is 1.39. The molecule has 0 bridgehead atoms. The molecule has 3 heterocycles. The Labute approximate surface area is 220 Å². The smallest absolute Gasteiger partial charge is 0.330 e. The van der Waals surface area contributed by atoms with Gasteiger partial charge in [-0.05, 0) is 47.2 Å². The zero-order valence-electron chi connectivity index (χ0n) is 20.0. The first-order chi connectivity index (χ1) is 17.8. The fourth-order valence-corrected chi connectivity index (χ4v) is 5.44. The zero-order valence-corrected chi connectivity index (χ0v) is 21.6. The first-order valence-corrected chi connectivity index (χ1v) is 13.0. The van der Waals surface area contributed by atoms with E-state index in [1.165, 1.54) is 18.4 Å². The normalized spacial score (nSPS) is 12.8. The molecule has 1 unspecified atom stereocenters. The van der Waals surface area contributed by atoms with Crippen molar-refractivity contribution < 1.29 is 28.7 Å². The van der Waals surface area contributed by atoms with Gasteiger partial charge >= 0.3 is 5.97 Å². The van der Waals surface area contributed by atoms with E-state index in [1.807, 2.05) is 18.2 Å². The maximum absolute atomic E-state index is 13.0. The van der Waals surface area contributed by atoms with E-state index in [9.17, 15) is 24.0 Å². The summed E-state index contributed by atoms with van der Waals surface area (Å²) in [6.07, 6.45) is 0.263. The van der Waals surface area contributed by atoms with Crippen LogP contribution in [0.2, 0.25) is 0 Å². The highest BCUT2D eigenvalue weighted by Gasteiger charge is 2.26. The Morgan fingerprint density at radius 3 is 2.57 bits per heavy atom. The van der Waals surface area contributed by atoms with Crippen LogP contribution in [0.15, 0.2) is 41.8 Å². The summed E-state index contributed by atoms with van der Waals surface area (Å²) in [5.74, 6) is -2.10.